The molecule has 0 aliphatic carbocycles. The van der Waals surface area contributed by atoms with E-state index in [0.29, 0.717) is 23.1 Å². The van der Waals surface area contributed by atoms with Gasteiger partial charge in [0.15, 0.2) is 5.82 Å². The number of ether oxygens (including phenoxy) is 1. The topological polar surface area (TPSA) is 102 Å². The van der Waals surface area contributed by atoms with Gasteiger partial charge in [0.05, 0.1) is 12.7 Å². The number of rotatable bonds is 4. The average Bonchev–Trinajstić information content (AvgIpc) is 3.10. The third-order valence-electron chi connectivity index (χ3n) is 3.79. The molecule has 8 heteroatoms. The fraction of sp³-hybridized carbons (Fsp3) is 0.263. The highest BCUT2D eigenvalue weighted by atomic mass is 16.5. The Balaban J connectivity index is 1.73. The average molecular weight is 367 g/mol. The van der Waals surface area contributed by atoms with Crippen LogP contribution in [0.2, 0.25) is 0 Å². The van der Waals surface area contributed by atoms with Gasteiger partial charge in [0.2, 0.25) is 5.88 Å². The fourth-order valence-corrected chi connectivity index (χ4v) is 2.41. The highest BCUT2D eigenvalue weighted by molar-refractivity contribution is 5.99. The first-order valence-corrected chi connectivity index (χ1v) is 8.36. The van der Waals surface area contributed by atoms with Crippen molar-refractivity contribution >= 4 is 17.5 Å². The fourth-order valence-electron chi connectivity index (χ4n) is 2.41. The summed E-state index contributed by atoms with van der Waals surface area (Å²) in [6.45, 7) is 6.01. The summed E-state index contributed by atoms with van der Waals surface area (Å²) in [5.74, 6) is 1.51. The van der Waals surface area contributed by atoms with Crippen LogP contribution in [0.3, 0.4) is 0 Å². The van der Waals surface area contributed by atoms with Crippen LogP contribution in [0.5, 0.6) is 5.88 Å². The minimum Gasteiger partial charge on any atom is -0.480 e. The van der Waals surface area contributed by atoms with Gasteiger partial charge >= 0.3 is 6.03 Å². The van der Waals surface area contributed by atoms with Gasteiger partial charge in [-0.25, -0.2) is 14.8 Å². The van der Waals surface area contributed by atoms with Crippen LogP contribution in [-0.4, -0.2) is 28.3 Å². The van der Waals surface area contributed by atoms with Crippen LogP contribution in [0.15, 0.2) is 47.4 Å². The third kappa shape index (κ3) is 4.41. The number of benzene rings is 1. The zero-order chi connectivity index (χ0) is 19.4. The molecule has 0 aliphatic rings. The summed E-state index contributed by atoms with van der Waals surface area (Å²) in [4.78, 5) is 20.4. The summed E-state index contributed by atoms with van der Waals surface area (Å²) in [5, 5.41) is 9.31. The first kappa shape index (κ1) is 18.4. The lowest BCUT2D eigenvalue weighted by Gasteiger charge is -2.12. The van der Waals surface area contributed by atoms with Crippen LogP contribution < -0.4 is 15.4 Å². The normalized spacial score (nSPS) is 11.1. The van der Waals surface area contributed by atoms with Gasteiger partial charge < -0.3 is 14.6 Å². The number of urea groups is 1. The molecule has 3 rings (SSSR count). The molecule has 140 valence electrons. The van der Waals surface area contributed by atoms with Crippen molar-refractivity contribution in [2.75, 3.05) is 17.7 Å². The van der Waals surface area contributed by atoms with E-state index in [9.17, 15) is 4.79 Å². The summed E-state index contributed by atoms with van der Waals surface area (Å²) < 4.78 is 10.5. The quantitative estimate of drug-likeness (QED) is 0.720. The number of hydrogen-bond acceptors (Lipinski definition) is 6. The van der Waals surface area contributed by atoms with E-state index in [1.807, 2.05) is 39.0 Å². The number of amides is 2. The van der Waals surface area contributed by atoms with Crippen LogP contribution in [0.4, 0.5) is 16.3 Å². The van der Waals surface area contributed by atoms with Gasteiger partial charge in [-0.15, -0.1) is 0 Å². The Bertz CT molecular complexity index is 946. The van der Waals surface area contributed by atoms with Crippen molar-refractivity contribution in [1.29, 1.82) is 0 Å². The Kier molecular flexibility index (Phi) is 5.07. The number of carbonyl (C=O) groups excluding carboxylic acids is 1. The lowest BCUT2D eigenvalue weighted by Crippen LogP contribution is -2.19. The Hall–Kier alpha value is -3.42. The predicted molar refractivity (Wildman–Crippen MR) is 102 cm³/mol. The molecule has 2 aromatic heterocycles. The molecule has 2 N–H and O–H groups in total. The summed E-state index contributed by atoms with van der Waals surface area (Å²) >= 11 is 0. The molecular weight excluding hydrogens is 346 g/mol. The van der Waals surface area contributed by atoms with E-state index in [0.717, 1.165) is 11.1 Å². The molecule has 0 atom stereocenters. The summed E-state index contributed by atoms with van der Waals surface area (Å²) in [5.41, 5.74) is 1.97. The molecule has 0 saturated carbocycles. The Labute approximate surface area is 157 Å². The molecule has 1 aromatic carbocycles. The predicted octanol–water partition coefficient (Wildman–Crippen LogP) is 4.08. The van der Waals surface area contributed by atoms with E-state index in [2.05, 4.69) is 25.8 Å². The molecule has 2 amide bonds. The highest BCUT2D eigenvalue weighted by Crippen LogP contribution is 2.29. The smallest absolute Gasteiger partial charge is 0.324 e. The van der Waals surface area contributed by atoms with Crippen molar-refractivity contribution < 1.29 is 14.1 Å². The summed E-state index contributed by atoms with van der Waals surface area (Å²) in [7, 11) is 1.55. The van der Waals surface area contributed by atoms with E-state index in [1.165, 1.54) is 6.33 Å². The molecule has 27 heavy (non-hydrogen) atoms. The Morgan fingerprint density at radius 3 is 2.70 bits per heavy atom. The highest BCUT2D eigenvalue weighted by Gasteiger charge is 2.20. The van der Waals surface area contributed by atoms with Crippen LogP contribution in [-0.2, 0) is 5.41 Å². The van der Waals surface area contributed by atoms with Crippen molar-refractivity contribution in [2.45, 2.75) is 26.2 Å². The molecule has 8 nitrogen and oxygen atoms in total. The zero-order valence-corrected chi connectivity index (χ0v) is 15.6. The largest absolute Gasteiger partial charge is 0.480 e. The zero-order valence-electron chi connectivity index (χ0n) is 15.6. The Morgan fingerprint density at radius 2 is 2.00 bits per heavy atom. The molecular formula is C19H21N5O3. The molecule has 0 radical (unpaired) electrons. The van der Waals surface area contributed by atoms with Crippen LogP contribution in [0.25, 0.3) is 11.1 Å². The number of aromatic nitrogens is 3. The minimum absolute atomic E-state index is 0.186. The number of hydrogen-bond donors (Lipinski definition) is 2. The lowest BCUT2D eigenvalue weighted by molar-refractivity contribution is 0.262. The van der Waals surface area contributed by atoms with Gasteiger partial charge in [-0.1, -0.05) is 38.1 Å². The van der Waals surface area contributed by atoms with E-state index >= 15 is 0 Å². The first-order chi connectivity index (χ1) is 12.9. The number of carbonyl (C=O) groups is 1. The van der Waals surface area contributed by atoms with Crippen molar-refractivity contribution in [1.82, 2.24) is 15.1 Å². The maximum atomic E-state index is 12.3. The lowest BCUT2D eigenvalue weighted by atomic mass is 9.93. The second-order valence-corrected chi connectivity index (χ2v) is 6.93. The number of methoxy groups -OCH3 is 1. The molecule has 0 saturated heterocycles. The van der Waals surface area contributed by atoms with E-state index in [1.54, 1.807) is 25.4 Å². The second kappa shape index (κ2) is 7.45. The minimum atomic E-state index is -0.419. The van der Waals surface area contributed by atoms with Crippen molar-refractivity contribution in [3.8, 4) is 17.0 Å². The van der Waals surface area contributed by atoms with Gasteiger partial charge in [0.1, 0.15) is 12.1 Å². The third-order valence-corrected chi connectivity index (χ3v) is 3.79. The molecule has 0 bridgehead atoms. The molecule has 0 spiro atoms. The van der Waals surface area contributed by atoms with Crippen LogP contribution in [0, 0.1) is 0 Å². The standard InChI is InChI=1S/C19H21N5O3/c1-19(2,3)15-9-16(24-27-15)23-18(25)22-13-7-5-6-12(8-13)14-10-20-11-21-17(14)26-4/h5-11H,1-4H3,(H2,22,23,24,25). The van der Waals surface area contributed by atoms with E-state index < -0.39 is 6.03 Å². The van der Waals surface area contributed by atoms with Gasteiger partial charge in [0.25, 0.3) is 0 Å². The SMILES string of the molecule is COc1ncncc1-c1cccc(NC(=O)Nc2cc(C(C)(C)C)on2)c1. The van der Waals surface area contributed by atoms with Gasteiger partial charge in [-0.05, 0) is 17.7 Å². The summed E-state index contributed by atoms with van der Waals surface area (Å²) in [6, 6.07) is 8.59. The number of anilines is 2. The second-order valence-electron chi connectivity index (χ2n) is 6.93. The van der Waals surface area contributed by atoms with Crippen molar-refractivity contribution in [2.24, 2.45) is 0 Å². The van der Waals surface area contributed by atoms with Crippen molar-refractivity contribution in [3.63, 3.8) is 0 Å². The Morgan fingerprint density at radius 1 is 1.19 bits per heavy atom. The van der Waals surface area contributed by atoms with Crippen molar-refractivity contribution in [3.05, 3.63) is 48.6 Å². The molecule has 0 fully saturated rings. The molecule has 0 aliphatic heterocycles. The maximum absolute atomic E-state index is 12.3. The number of nitrogens with one attached hydrogen (secondary N) is 2. The maximum Gasteiger partial charge on any atom is 0.324 e. The van der Waals surface area contributed by atoms with Gasteiger partial charge in [-0.3, -0.25) is 5.32 Å². The van der Waals surface area contributed by atoms with E-state index in [-0.39, 0.29) is 5.41 Å². The number of nitrogens with zero attached hydrogens (tertiary/aromatic N) is 3. The molecule has 2 heterocycles. The van der Waals surface area contributed by atoms with Gasteiger partial charge in [-0.2, -0.15) is 0 Å². The van der Waals surface area contributed by atoms with Crippen LogP contribution >= 0.6 is 0 Å². The summed E-state index contributed by atoms with van der Waals surface area (Å²) in [6.07, 6.45) is 3.08. The molecule has 3 aromatic rings. The monoisotopic (exact) mass is 367 g/mol. The van der Waals surface area contributed by atoms with E-state index in [4.69, 9.17) is 9.26 Å². The first-order valence-electron chi connectivity index (χ1n) is 8.36. The van der Waals surface area contributed by atoms with Gasteiger partial charge in [0, 0.05) is 23.4 Å². The van der Waals surface area contributed by atoms with Crippen LogP contribution in [0.1, 0.15) is 26.5 Å². The molecule has 0 unspecified atom stereocenters.